The van der Waals surface area contributed by atoms with Gasteiger partial charge in [0, 0.05) is 12.3 Å². The molecule has 1 aromatic carbocycles. The number of carbonyl (C=O) groups excluding carboxylic acids is 1. The van der Waals surface area contributed by atoms with Gasteiger partial charge in [-0.3, -0.25) is 4.79 Å². The predicted molar refractivity (Wildman–Crippen MR) is 69.4 cm³/mol. The zero-order valence-electron chi connectivity index (χ0n) is 10.5. The average molecular weight is 245 g/mol. The van der Waals surface area contributed by atoms with E-state index >= 15 is 0 Å². The van der Waals surface area contributed by atoms with Gasteiger partial charge >= 0.3 is 0 Å². The number of hydrogen-bond acceptors (Lipinski definition) is 2. The van der Waals surface area contributed by atoms with Crippen molar-refractivity contribution in [3.8, 4) is 5.75 Å². The van der Waals surface area contributed by atoms with Crippen molar-refractivity contribution in [2.24, 2.45) is 5.73 Å². The molecule has 96 valence electrons. The smallest absolute Gasteiger partial charge is 0.218 e. The lowest BCUT2D eigenvalue weighted by atomic mass is 9.80. The fourth-order valence-corrected chi connectivity index (χ4v) is 3.50. The molecule has 3 rings (SSSR count). The van der Waals surface area contributed by atoms with Gasteiger partial charge in [0.1, 0.15) is 11.4 Å². The Morgan fingerprint density at radius 2 is 2.06 bits per heavy atom. The van der Waals surface area contributed by atoms with E-state index in [1.165, 1.54) is 12.8 Å². The Hall–Kier alpha value is -1.51. The van der Waals surface area contributed by atoms with Crippen molar-refractivity contribution < 1.29 is 9.53 Å². The Labute approximate surface area is 107 Å². The second-order valence-corrected chi connectivity index (χ2v) is 5.60. The van der Waals surface area contributed by atoms with Crippen LogP contribution in [0, 0.1) is 0 Å². The third kappa shape index (κ3) is 1.98. The number of rotatable bonds is 2. The van der Waals surface area contributed by atoms with Crippen LogP contribution in [0.3, 0.4) is 0 Å². The number of nitrogens with two attached hydrogens (primary N) is 1. The molecule has 1 aliphatic carbocycles. The van der Waals surface area contributed by atoms with Crippen LogP contribution in [0.15, 0.2) is 24.3 Å². The van der Waals surface area contributed by atoms with Crippen molar-refractivity contribution in [3.63, 3.8) is 0 Å². The number of benzene rings is 1. The summed E-state index contributed by atoms with van der Waals surface area (Å²) in [5, 5.41) is 0. The molecule has 3 heteroatoms. The molecule has 18 heavy (non-hydrogen) atoms. The molecule has 1 fully saturated rings. The molecular formula is C15H19NO2. The van der Waals surface area contributed by atoms with Crippen LogP contribution in [0.5, 0.6) is 5.75 Å². The normalized spacial score (nSPS) is 24.6. The summed E-state index contributed by atoms with van der Waals surface area (Å²) in [6.07, 6.45) is 6.04. The first kappa shape index (κ1) is 11.6. The maximum atomic E-state index is 11.3. The monoisotopic (exact) mass is 245 g/mol. The number of ether oxygens (including phenoxy) is 1. The second kappa shape index (κ2) is 4.30. The van der Waals surface area contributed by atoms with Gasteiger partial charge in [-0.2, -0.15) is 0 Å². The standard InChI is InChI=1S/C15H19NO2/c16-14(17)9-11-10-15(7-3-4-8-15)18-13-6-2-1-5-12(11)13/h1-2,5-6,11H,3-4,7-10H2,(H2,16,17). The highest BCUT2D eigenvalue weighted by Gasteiger charge is 2.43. The van der Waals surface area contributed by atoms with E-state index in [9.17, 15) is 4.79 Å². The maximum Gasteiger partial charge on any atom is 0.218 e. The first-order valence-corrected chi connectivity index (χ1v) is 6.75. The molecular weight excluding hydrogens is 226 g/mol. The van der Waals surface area contributed by atoms with E-state index in [2.05, 4.69) is 6.07 Å². The summed E-state index contributed by atoms with van der Waals surface area (Å²) in [5.74, 6) is 0.965. The molecule has 2 N–H and O–H groups in total. The molecule has 0 aromatic heterocycles. The van der Waals surface area contributed by atoms with Gasteiger partial charge in [0.25, 0.3) is 0 Å². The average Bonchev–Trinajstić information content (AvgIpc) is 2.76. The van der Waals surface area contributed by atoms with E-state index in [0.29, 0.717) is 6.42 Å². The molecule has 1 aliphatic heterocycles. The first-order chi connectivity index (χ1) is 8.69. The summed E-state index contributed by atoms with van der Waals surface area (Å²) >= 11 is 0. The molecule has 0 saturated heterocycles. The van der Waals surface area contributed by atoms with Crippen LogP contribution < -0.4 is 10.5 Å². The van der Waals surface area contributed by atoms with Crippen LogP contribution in [-0.4, -0.2) is 11.5 Å². The molecule has 1 atom stereocenters. The van der Waals surface area contributed by atoms with E-state index in [4.69, 9.17) is 10.5 Å². The SMILES string of the molecule is NC(=O)CC1CC2(CCCC2)Oc2ccccc21. The molecule has 1 amide bonds. The zero-order valence-corrected chi connectivity index (χ0v) is 10.5. The number of carbonyl (C=O) groups is 1. The molecule has 0 bridgehead atoms. The third-order valence-electron chi connectivity index (χ3n) is 4.27. The van der Waals surface area contributed by atoms with Gasteiger partial charge in [-0.25, -0.2) is 0 Å². The van der Waals surface area contributed by atoms with Crippen LogP contribution in [0.25, 0.3) is 0 Å². The summed E-state index contributed by atoms with van der Waals surface area (Å²) in [4.78, 5) is 11.3. The molecule has 1 aromatic rings. The Balaban J connectivity index is 1.95. The molecule has 1 saturated carbocycles. The maximum absolute atomic E-state index is 11.3. The summed E-state index contributed by atoms with van der Waals surface area (Å²) in [5.41, 5.74) is 6.50. The van der Waals surface area contributed by atoms with Crippen molar-refractivity contribution in [2.75, 3.05) is 0 Å². The number of para-hydroxylation sites is 1. The number of hydrogen-bond donors (Lipinski definition) is 1. The number of amides is 1. The summed E-state index contributed by atoms with van der Waals surface area (Å²) < 4.78 is 6.24. The number of primary amides is 1. The van der Waals surface area contributed by atoms with Crippen LogP contribution in [0.4, 0.5) is 0 Å². The van der Waals surface area contributed by atoms with Crippen molar-refractivity contribution in [1.29, 1.82) is 0 Å². The van der Waals surface area contributed by atoms with Gasteiger partial charge < -0.3 is 10.5 Å². The van der Waals surface area contributed by atoms with Crippen molar-refractivity contribution in [1.82, 2.24) is 0 Å². The lowest BCUT2D eigenvalue weighted by Crippen LogP contribution is -2.39. The first-order valence-electron chi connectivity index (χ1n) is 6.75. The minimum atomic E-state index is -0.218. The van der Waals surface area contributed by atoms with Crippen LogP contribution >= 0.6 is 0 Å². The van der Waals surface area contributed by atoms with Gasteiger partial charge in [-0.15, -0.1) is 0 Å². The highest BCUT2D eigenvalue weighted by atomic mass is 16.5. The highest BCUT2D eigenvalue weighted by Crippen LogP contribution is 2.48. The summed E-state index contributed by atoms with van der Waals surface area (Å²) in [6.45, 7) is 0. The predicted octanol–water partition coefficient (Wildman–Crippen LogP) is 2.74. The highest BCUT2D eigenvalue weighted by molar-refractivity contribution is 5.75. The van der Waals surface area contributed by atoms with Crippen molar-refractivity contribution in [2.45, 2.75) is 50.0 Å². The van der Waals surface area contributed by atoms with Gasteiger partial charge in [0.05, 0.1) is 0 Å². The van der Waals surface area contributed by atoms with E-state index in [1.807, 2.05) is 18.2 Å². The van der Waals surface area contributed by atoms with Crippen molar-refractivity contribution in [3.05, 3.63) is 29.8 Å². The van der Waals surface area contributed by atoms with Gasteiger partial charge in [0.15, 0.2) is 0 Å². The second-order valence-electron chi connectivity index (χ2n) is 5.60. The molecule has 1 spiro atoms. The summed E-state index contributed by atoms with van der Waals surface area (Å²) in [7, 11) is 0. The van der Waals surface area contributed by atoms with E-state index in [0.717, 1.165) is 30.6 Å². The van der Waals surface area contributed by atoms with E-state index in [-0.39, 0.29) is 17.4 Å². The van der Waals surface area contributed by atoms with Crippen LogP contribution in [-0.2, 0) is 4.79 Å². The Bertz CT molecular complexity index is 463. The summed E-state index contributed by atoms with van der Waals surface area (Å²) in [6, 6.07) is 8.07. The Morgan fingerprint density at radius 3 is 2.78 bits per heavy atom. The molecule has 3 nitrogen and oxygen atoms in total. The molecule has 0 radical (unpaired) electrons. The molecule has 1 heterocycles. The lowest BCUT2D eigenvalue weighted by molar-refractivity contribution is -0.118. The largest absolute Gasteiger partial charge is 0.487 e. The number of fused-ring (bicyclic) bond motifs is 1. The third-order valence-corrected chi connectivity index (χ3v) is 4.27. The van der Waals surface area contributed by atoms with Gasteiger partial charge in [0.2, 0.25) is 5.91 Å². The molecule has 2 aliphatic rings. The van der Waals surface area contributed by atoms with E-state index < -0.39 is 0 Å². The Morgan fingerprint density at radius 1 is 1.33 bits per heavy atom. The molecule has 1 unspecified atom stereocenters. The van der Waals surface area contributed by atoms with Crippen LogP contribution in [0.1, 0.15) is 50.0 Å². The zero-order chi connectivity index (χ0) is 12.6. The van der Waals surface area contributed by atoms with Crippen LogP contribution in [0.2, 0.25) is 0 Å². The Kier molecular flexibility index (Phi) is 2.77. The fraction of sp³-hybridized carbons (Fsp3) is 0.533. The van der Waals surface area contributed by atoms with Gasteiger partial charge in [-0.1, -0.05) is 18.2 Å². The fourth-order valence-electron chi connectivity index (χ4n) is 3.50. The topological polar surface area (TPSA) is 52.3 Å². The quantitative estimate of drug-likeness (QED) is 0.871. The minimum absolute atomic E-state index is 0.0333. The van der Waals surface area contributed by atoms with Gasteiger partial charge in [-0.05, 0) is 43.7 Å². The lowest BCUT2D eigenvalue weighted by Gasteiger charge is -2.39. The van der Waals surface area contributed by atoms with Crippen molar-refractivity contribution >= 4 is 5.91 Å². The van der Waals surface area contributed by atoms with E-state index in [1.54, 1.807) is 0 Å². The minimum Gasteiger partial charge on any atom is -0.487 e.